The molecule has 0 spiro atoms. The Bertz CT molecular complexity index is 643. The third-order valence-electron chi connectivity index (χ3n) is 3.23. The summed E-state index contributed by atoms with van der Waals surface area (Å²) in [6, 6.07) is 7.81. The van der Waals surface area contributed by atoms with Crippen LogP contribution in [0.3, 0.4) is 0 Å². The second-order valence-corrected chi connectivity index (χ2v) is 4.06. The molecule has 0 heterocycles. The Hall–Kier alpha value is -2.72. The van der Waals surface area contributed by atoms with Gasteiger partial charge in [-0.3, -0.25) is 0 Å². The molecule has 0 N–H and O–H groups in total. The second kappa shape index (κ2) is 3.65. The number of fused-ring (bicyclic) bond motifs is 3. The molecule has 0 saturated carbocycles. The van der Waals surface area contributed by atoms with Gasteiger partial charge in [0.15, 0.2) is 0 Å². The van der Waals surface area contributed by atoms with Crippen LogP contribution in [-0.2, 0) is 9.47 Å². The molecule has 86 valence electrons. The van der Waals surface area contributed by atoms with Crippen LogP contribution in [0.2, 0.25) is 0 Å². The molecule has 1 aromatic rings. The number of nitriles is 2. The lowest BCUT2D eigenvalue weighted by molar-refractivity contribution is -0.0683. The van der Waals surface area contributed by atoms with Crippen molar-refractivity contribution in [3.8, 4) is 12.5 Å². The van der Waals surface area contributed by atoms with E-state index in [1.54, 1.807) is 18.6 Å². The van der Waals surface area contributed by atoms with Crippen molar-refractivity contribution in [1.29, 1.82) is 10.5 Å². The smallest absolute Gasteiger partial charge is 0.322 e. The molecule has 0 atom stereocenters. The molecule has 0 fully saturated rings. The average Bonchev–Trinajstić information content (AvgIpc) is 2.36. The Morgan fingerprint density at radius 2 is 1.72 bits per heavy atom. The molecule has 0 radical (unpaired) electrons. The van der Waals surface area contributed by atoms with E-state index in [0.29, 0.717) is 0 Å². The minimum Gasteiger partial charge on any atom is -0.373 e. The van der Waals surface area contributed by atoms with Gasteiger partial charge < -0.3 is 9.47 Å². The minimum absolute atomic E-state index is 0.762. The van der Waals surface area contributed by atoms with Crippen molar-refractivity contribution in [2.24, 2.45) is 0 Å². The van der Waals surface area contributed by atoms with Gasteiger partial charge in [0.25, 0.3) is 12.5 Å². The van der Waals surface area contributed by atoms with E-state index in [1.165, 1.54) is 0 Å². The van der Waals surface area contributed by atoms with Crippen molar-refractivity contribution >= 4 is 11.1 Å². The maximum Gasteiger partial charge on any atom is 0.322 e. The van der Waals surface area contributed by atoms with Gasteiger partial charge in [0.2, 0.25) is 0 Å². The summed E-state index contributed by atoms with van der Waals surface area (Å²) in [5.74, 6) is -1.38. The van der Waals surface area contributed by atoms with Gasteiger partial charge >= 0.3 is 5.79 Å². The summed E-state index contributed by atoms with van der Waals surface area (Å²) in [6.07, 6.45) is 7.47. The number of ether oxygens (including phenoxy) is 2. The molecule has 1 aromatic carbocycles. The van der Waals surface area contributed by atoms with Crippen LogP contribution in [0.25, 0.3) is 11.1 Å². The van der Waals surface area contributed by atoms with Crippen LogP contribution in [0, 0.1) is 23.0 Å². The van der Waals surface area contributed by atoms with Gasteiger partial charge in [-0.1, -0.05) is 30.3 Å². The molecule has 0 unspecified atom stereocenters. The van der Waals surface area contributed by atoms with E-state index >= 15 is 0 Å². The third-order valence-corrected chi connectivity index (χ3v) is 3.23. The molecule has 2 aliphatic carbocycles. The second-order valence-electron chi connectivity index (χ2n) is 4.06. The van der Waals surface area contributed by atoms with E-state index in [4.69, 9.17) is 20.0 Å². The molecule has 0 aliphatic heterocycles. The fourth-order valence-corrected chi connectivity index (χ4v) is 2.55. The Kier molecular flexibility index (Phi) is 2.11. The number of hydrogen-bond acceptors (Lipinski definition) is 4. The summed E-state index contributed by atoms with van der Waals surface area (Å²) in [6.45, 7) is 0. The van der Waals surface area contributed by atoms with Crippen LogP contribution in [-0.4, -0.2) is 5.79 Å². The van der Waals surface area contributed by atoms with E-state index in [1.807, 2.05) is 30.3 Å². The van der Waals surface area contributed by atoms with Gasteiger partial charge in [-0.05, 0) is 23.1 Å². The Morgan fingerprint density at radius 1 is 1.06 bits per heavy atom. The topological polar surface area (TPSA) is 66.0 Å². The van der Waals surface area contributed by atoms with Gasteiger partial charge in [0, 0.05) is 6.08 Å². The van der Waals surface area contributed by atoms with E-state index in [-0.39, 0.29) is 0 Å². The highest BCUT2D eigenvalue weighted by molar-refractivity contribution is 6.08. The zero-order valence-electron chi connectivity index (χ0n) is 9.38. The lowest BCUT2D eigenvalue weighted by Gasteiger charge is -2.38. The summed E-state index contributed by atoms with van der Waals surface area (Å²) >= 11 is 0. The largest absolute Gasteiger partial charge is 0.373 e. The summed E-state index contributed by atoms with van der Waals surface area (Å²) in [4.78, 5) is 0. The fraction of sp³-hybridized carbons (Fsp3) is 0.143. The van der Waals surface area contributed by atoms with Crippen molar-refractivity contribution in [3.63, 3.8) is 0 Å². The predicted molar refractivity (Wildman–Crippen MR) is 63.1 cm³/mol. The van der Waals surface area contributed by atoms with Gasteiger partial charge in [0.05, 0.1) is 5.57 Å². The first-order valence-electron chi connectivity index (χ1n) is 5.47. The van der Waals surface area contributed by atoms with Crippen LogP contribution < -0.4 is 0 Å². The van der Waals surface area contributed by atoms with Crippen molar-refractivity contribution in [3.05, 3.63) is 47.5 Å². The Balaban J connectivity index is 2.13. The lowest BCUT2D eigenvalue weighted by Crippen LogP contribution is -2.37. The summed E-state index contributed by atoms with van der Waals surface area (Å²) in [5, 5.41) is 17.5. The van der Waals surface area contributed by atoms with Crippen molar-refractivity contribution in [2.75, 3.05) is 0 Å². The lowest BCUT2D eigenvalue weighted by atomic mass is 9.72. The zero-order valence-corrected chi connectivity index (χ0v) is 9.38. The van der Waals surface area contributed by atoms with Crippen LogP contribution in [0.5, 0.6) is 0 Å². The molecule has 3 rings (SSSR count). The molecule has 4 heteroatoms. The number of nitrogens with zero attached hydrogens (tertiary/aromatic N) is 2. The Morgan fingerprint density at radius 3 is 2.39 bits per heavy atom. The fourth-order valence-electron chi connectivity index (χ4n) is 2.55. The summed E-state index contributed by atoms with van der Waals surface area (Å²) in [7, 11) is 0. The third kappa shape index (κ3) is 1.18. The predicted octanol–water partition coefficient (Wildman–Crippen LogP) is 2.56. The molecule has 4 nitrogen and oxygen atoms in total. The van der Waals surface area contributed by atoms with E-state index in [9.17, 15) is 0 Å². The monoisotopic (exact) mass is 236 g/mol. The first kappa shape index (κ1) is 10.4. The van der Waals surface area contributed by atoms with Crippen molar-refractivity contribution in [2.45, 2.75) is 12.2 Å². The summed E-state index contributed by atoms with van der Waals surface area (Å²) < 4.78 is 10.0. The highest BCUT2D eigenvalue weighted by Crippen LogP contribution is 2.52. The average molecular weight is 236 g/mol. The molecule has 2 aliphatic rings. The van der Waals surface area contributed by atoms with Gasteiger partial charge in [0.1, 0.15) is 0 Å². The van der Waals surface area contributed by atoms with Gasteiger partial charge in [-0.25, -0.2) is 0 Å². The number of benzene rings is 1. The first-order valence-corrected chi connectivity index (χ1v) is 5.47. The zero-order chi connectivity index (χ0) is 12.6. The minimum atomic E-state index is -1.38. The van der Waals surface area contributed by atoms with Crippen LogP contribution >= 0.6 is 0 Å². The number of rotatable bonds is 2. The van der Waals surface area contributed by atoms with Gasteiger partial charge in [-0.15, -0.1) is 0 Å². The highest BCUT2D eigenvalue weighted by atomic mass is 16.7. The van der Waals surface area contributed by atoms with Crippen LogP contribution in [0.15, 0.2) is 36.4 Å². The molecular weight excluding hydrogens is 228 g/mol. The molecule has 0 amide bonds. The molecule has 0 saturated heterocycles. The van der Waals surface area contributed by atoms with Crippen LogP contribution in [0.4, 0.5) is 0 Å². The Labute approximate surface area is 104 Å². The molecule has 18 heavy (non-hydrogen) atoms. The highest BCUT2D eigenvalue weighted by Gasteiger charge is 2.47. The normalized spacial score (nSPS) is 17.7. The van der Waals surface area contributed by atoms with Gasteiger partial charge in [-0.2, -0.15) is 10.5 Å². The summed E-state index contributed by atoms with van der Waals surface area (Å²) in [5.41, 5.74) is 3.95. The van der Waals surface area contributed by atoms with Crippen LogP contribution in [0.1, 0.15) is 17.5 Å². The first-order chi connectivity index (χ1) is 8.82. The number of allylic oxidation sites excluding steroid dienone is 2. The van der Waals surface area contributed by atoms with Crippen molar-refractivity contribution in [1.82, 2.24) is 0 Å². The molecule has 0 aromatic heterocycles. The SMILES string of the molecule is N#COC1(OC#N)C=CCC2=C1c1ccccc12. The van der Waals surface area contributed by atoms with Crippen molar-refractivity contribution < 1.29 is 9.47 Å². The van der Waals surface area contributed by atoms with E-state index in [0.717, 1.165) is 28.7 Å². The standard InChI is InChI=1S/C14H8N2O2/c15-8-17-14(18-9-16)7-3-6-12-10-4-1-2-5-11(10)13(12)14/h1-5,7H,6H2. The number of hydrogen-bond donors (Lipinski definition) is 0. The maximum absolute atomic E-state index is 8.77. The van der Waals surface area contributed by atoms with E-state index in [2.05, 4.69) is 0 Å². The maximum atomic E-state index is 8.77. The molecular formula is C14H8N2O2. The quantitative estimate of drug-likeness (QED) is 0.449. The van der Waals surface area contributed by atoms with E-state index < -0.39 is 5.79 Å². The molecule has 0 bridgehead atoms.